The molecule has 0 aliphatic rings. The monoisotopic (exact) mass is 253 g/mol. The number of rotatable bonds is 7. The number of benzene rings is 1. The number of ether oxygens (including phenoxy) is 1. The van der Waals surface area contributed by atoms with Crippen molar-refractivity contribution in [1.29, 1.82) is 0 Å². The van der Waals surface area contributed by atoms with Gasteiger partial charge in [-0.1, -0.05) is 19.1 Å². The van der Waals surface area contributed by atoms with Crippen molar-refractivity contribution in [1.82, 2.24) is 5.32 Å². The number of methoxy groups -OCH3 is 1. The first-order valence-electron chi connectivity index (χ1n) is 6.14. The van der Waals surface area contributed by atoms with Crippen molar-refractivity contribution in [2.75, 3.05) is 26.9 Å². The maximum Gasteiger partial charge on any atom is 0.119 e. The van der Waals surface area contributed by atoms with E-state index in [0.717, 1.165) is 11.3 Å². The Morgan fingerprint density at radius 3 is 2.56 bits per heavy atom. The molecule has 1 rings (SSSR count). The number of hydrogen-bond acceptors (Lipinski definition) is 4. The van der Waals surface area contributed by atoms with Gasteiger partial charge in [-0.05, 0) is 24.6 Å². The number of aliphatic hydroxyl groups is 2. The smallest absolute Gasteiger partial charge is 0.119 e. The molecule has 1 atom stereocenters. The van der Waals surface area contributed by atoms with E-state index in [2.05, 4.69) is 5.32 Å². The summed E-state index contributed by atoms with van der Waals surface area (Å²) in [5.74, 6) is 0.827. The molecule has 0 fully saturated rings. The summed E-state index contributed by atoms with van der Waals surface area (Å²) in [5.41, 5.74) is 0.625. The topological polar surface area (TPSA) is 61.7 Å². The Bertz CT molecular complexity index is 364. The molecule has 4 heteroatoms. The molecule has 0 unspecified atom stereocenters. The maximum absolute atomic E-state index is 9.23. The Hall–Kier alpha value is -1.10. The number of aliphatic hydroxyl groups excluding tert-OH is 2. The van der Waals surface area contributed by atoms with E-state index < -0.39 is 5.41 Å². The van der Waals surface area contributed by atoms with Crippen LogP contribution in [0.2, 0.25) is 0 Å². The molecular weight excluding hydrogens is 230 g/mol. The minimum absolute atomic E-state index is 0.0403. The first-order chi connectivity index (χ1) is 8.54. The summed E-state index contributed by atoms with van der Waals surface area (Å²) in [6.07, 6.45) is 0. The van der Waals surface area contributed by atoms with Gasteiger partial charge in [0.15, 0.2) is 0 Å². The van der Waals surface area contributed by atoms with Crippen molar-refractivity contribution in [3.63, 3.8) is 0 Å². The highest BCUT2D eigenvalue weighted by Gasteiger charge is 2.23. The lowest BCUT2D eigenvalue weighted by atomic mass is 9.92. The fourth-order valence-corrected chi connectivity index (χ4v) is 1.59. The van der Waals surface area contributed by atoms with Crippen LogP contribution >= 0.6 is 0 Å². The van der Waals surface area contributed by atoms with Crippen molar-refractivity contribution < 1.29 is 14.9 Å². The molecule has 102 valence electrons. The molecule has 18 heavy (non-hydrogen) atoms. The average molecular weight is 253 g/mol. The summed E-state index contributed by atoms with van der Waals surface area (Å²) in [4.78, 5) is 0. The minimum atomic E-state index is -0.493. The molecule has 1 aromatic carbocycles. The molecule has 3 N–H and O–H groups in total. The average Bonchev–Trinajstić information content (AvgIpc) is 2.44. The zero-order chi connectivity index (χ0) is 13.6. The van der Waals surface area contributed by atoms with Crippen LogP contribution in [0.1, 0.15) is 25.5 Å². The highest BCUT2D eigenvalue weighted by molar-refractivity contribution is 5.30. The third-order valence-electron chi connectivity index (χ3n) is 3.19. The predicted molar refractivity (Wildman–Crippen MR) is 71.7 cm³/mol. The summed E-state index contributed by atoms with van der Waals surface area (Å²) in [6, 6.07) is 7.99. The van der Waals surface area contributed by atoms with E-state index in [-0.39, 0.29) is 19.3 Å². The van der Waals surface area contributed by atoms with Crippen molar-refractivity contribution in [3.05, 3.63) is 29.8 Å². The summed E-state index contributed by atoms with van der Waals surface area (Å²) < 4.78 is 5.18. The lowest BCUT2D eigenvalue weighted by Crippen LogP contribution is -2.38. The van der Waals surface area contributed by atoms with Gasteiger partial charge in [0.25, 0.3) is 0 Å². The third-order valence-corrected chi connectivity index (χ3v) is 3.19. The van der Waals surface area contributed by atoms with Gasteiger partial charge in [0, 0.05) is 18.0 Å². The first kappa shape index (κ1) is 15.0. The molecule has 0 aliphatic carbocycles. The molecular formula is C14H23NO3. The molecule has 4 nitrogen and oxygen atoms in total. The molecule has 0 aliphatic heterocycles. The molecule has 0 heterocycles. The second-order valence-electron chi connectivity index (χ2n) is 5.01. The quantitative estimate of drug-likeness (QED) is 0.686. The lowest BCUT2D eigenvalue weighted by Gasteiger charge is -2.27. The fraction of sp³-hybridized carbons (Fsp3) is 0.571. The zero-order valence-corrected chi connectivity index (χ0v) is 11.3. The molecule has 0 saturated carbocycles. The van der Waals surface area contributed by atoms with Gasteiger partial charge in [0.1, 0.15) is 5.75 Å². The van der Waals surface area contributed by atoms with Crippen molar-refractivity contribution in [2.45, 2.75) is 19.9 Å². The minimum Gasteiger partial charge on any atom is -0.497 e. The van der Waals surface area contributed by atoms with Gasteiger partial charge in [-0.15, -0.1) is 0 Å². The van der Waals surface area contributed by atoms with Crippen LogP contribution < -0.4 is 10.1 Å². The van der Waals surface area contributed by atoms with Crippen molar-refractivity contribution in [2.24, 2.45) is 5.41 Å². The molecule has 0 saturated heterocycles. The summed E-state index contributed by atoms with van der Waals surface area (Å²) >= 11 is 0. The molecule has 1 aromatic rings. The number of nitrogens with one attached hydrogen (secondary N) is 1. The van der Waals surface area contributed by atoms with Crippen LogP contribution in [0, 0.1) is 5.41 Å². The third kappa shape index (κ3) is 3.98. The van der Waals surface area contributed by atoms with Crippen LogP contribution in [0.4, 0.5) is 0 Å². The van der Waals surface area contributed by atoms with Gasteiger partial charge in [-0.3, -0.25) is 0 Å². The molecule has 0 spiro atoms. The Balaban J connectivity index is 2.62. The van der Waals surface area contributed by atoms with Crippen molar-refractivity contribution >= 4 is 0 Å². The summed E-state index contributed by atoms with van der Waals surface area (Å²) in [5, 5.41) is 21.8. The van der Waals surface area contributed by atoms with E-state index in [9.17, 15) is 10.2 Å². The molecule has 0 aromatic heterocycles. The van der Waals surface area contributed by atoms with E-state index >= 15 is 0 Å². The van der Waals surface area contributed by atoms with E-state index in [0.29, 0.717) is 6.54 Å². The van der Waals surface area contributed by atoms with Crippen molar-refractivity contribution in [3.8, 4) is 5.75 Å². The van der Waals surface area contributed by atoms with Crippen LogP contribution in [-0.2, 0) is 0 Å². The molecule has 0 amide bonds. The van der Waals surface area contributed by atoms with Gasteiger partial charge in [0.05, 0.1) is 20.3 Å². The van der Waals surface area contributed by atoms with E-state index in [4.69, 9.17) is 4.74 Å². The maximum atomic E-state index is 9.23. The Kier molecular flexibility index (Phi) is 5.59. The van der Waals surface area contributed by atoms with Gasteiger partial charge in [-0.2, -0.15) is 0 Å². The number of hydrogen-bond donors (Lipinski definition) is 3. The fourth-order valence-electron chi connectivity index (χ4n) is 1.59. The Labute approximate surface area is 109 Å². The summed E-state index contributed by atoms with van der Waals surface area (Å²) in [7, 11) is 1.64. The Morgan fingerprint density at radius 1 is 1.33 bits per heavy atom. The molecule has 0 radical (unpaired) electrons. The zero-order valence-electron chi connectivity index (χ0n) is 11.3. The van der Waals surface area contributed by atoms with Gasteiger partial charge in [0.2, 0.25) is 0 Å². The highest BCUT2D eigenvalue weighted by atomic mass is 16.5. The van der Waals surface area contributed by atoms with Crippen LogP contribution in [0.3, 0.4) is 0 Å². The van der Waals surface area contributed by atoms with Crippen LogP contribution in [0.25, 0.3) is 0 Å². The van der Waals surface area contributed by atoms with E-state index in [1.165, 1.54) is 0 Å². The van der Waals surface area contributed by atoms with E-state index in [1.54, 1.807) is 7.11 Å². The second kappa shape index (κ2) is 6.73. The first-order valence-corrected chi connectivity index (χ1v) is 6.14. The van der Waals surface area contributed by atoms with Gasteiger partial charge < -0.3 is 20.3 Å². The van der Waals surface area contributed by atoms with E-state index in [1.807, 2.05) is 38.1 Å². The normalized spacial score (nSPS) is 13.4. The predicted octanol–water partition coefficient (Wildman–Crippen LogP) is 1.34. The standard InChI is InChI=1S/C14H23NO3/c1-11(15-8-14(2,9-16)10-17)12-5-4-6-13(7-12)18-3/h4-7,11,15-17H,8-10H2,1-3H3/t11-/m0/s1. The lowest BCUT2D eigenvalue weighted by molar-refractivity contribution is 0.0677. The Morgan fingerprint density at radius 2 is 2.00 bits per heavy atom. The highest BCUT2D eigenvalue weighted by Crippen LogP contribution is 2.20. The largest absolute Gasteiger partial charge is 0.497 e. The SMILES string of the molecule is COc1cccc([C@H](C)NCC(C)(CO)CO)c1. The van der Waals surface area contributed by atoms with Crippen LogP contribution in [0.15, 0.2) is 24.3 Å². The van der Waals surface area contributed by atoms with Crippen LogP contribution in [-0.4, -0.2) is 37.1 Å². The summed E-state index contributed by atoms with van der Waals surface area (Å²) in [6.45, 7) is 4.36. The van der Waals surface area contributed by atoms with Gasteiger partial charge in [-0.25, -0.2) is 0 Å². The van der Waals surface area contributed by atoms with Crippen LogP contribution in [0.5, 0.6) is 5.75 Å². The molecule has 0 bridgehead atoms. The van der Waals surface area contributed by atoms with Gasteiger partial charge >= 0.3 is 0 Å². The second-order valence-corrected chi connectivity index (χ2v) is 5.01.